The molecule has 0 aromatic heterocycles. The number of nitrogens with zero attached hydrogens (tertiary/aromatic N) is 2. The molecule has 0 bridgehead atoms. The highest BCUT2D eigenvalue weighted by Crippen LogP contribution is 2.26. The van der Waals surface area contributed by atoms with Crippen LogP contribution in [0.15, 0.2) is 0 Å². The fourth-order valence-electron chi connectivity index (χ4n) is 15.7. The van der Waals surface area contributed by atoms with Gasteiger partial charge in [-0.25, -0.2) is 0 Å². The predicted molar refractivity (Wildman–Crippen MR) is 504 cm³/mol. The Labute approximate surface area is 725 Å². The molecule has 0 amide bonds. The average molecular weight is 1680 g/mol. The van der Waals surface area contributed by atoms with Crippen molar-refractivity contribution in [1.82, 2.24) is 9.80 Å². The third kappa shape index (κ3) is 85.2. The number of ether oxygens (including phenoxy) is 4. The lowest BCUT2D eigenvalue weighted by molar-refractivity contribution is -0.150. The second-order valence-electron chi connectivity index (χ2n) is 36.0. The molecular weight excluding hydrogens is 1480 g/mol. The summed E-state index contributed by atoms with van der Waals surface area (Å²) < 4.78 is 50.0. The van der Waals surface area contributed by atoms with Crippen molar-refractivity contribution in [3.05, 3.63) is 0 Å². The van der Waals surface area contributed by atoms with Gasteiger partial charge < -0.3 is 56.7 Å². The number of unbranched alkanes of at least 4 members (excludes halogenated alkanes) is 48. The van der Waals surface area contributed by atoms with Gasteiger partial charge in [0.2, 0.25) is 0 Å². The van der Waals surface area contributed by atoms with Crippen molar-refractivity contribution in [1.29, 1.82) is 0 Å². The summed E-state index contributed by atoms with van der Waals surface area (Å²) >= 11 is 0. The minimum absolute atomic E-state index is 0.0615. The number of aliphatic hydroxyl groups is 2. The van der Waals surface area contributed by atoms with E-state index in [9.17, 15) is 19.8 Å². The number of carbonyl (C=O) groups excluding carboxylic acids is 2. The Balaban J connectivity index is 0. The molecule has 2 N–H and O–H groups in total. The summed E-state index contributed by atoms with van der Waals surface area (Å²) in [6.07, 6.45) is 81.2. The predicted octanol–water partition coefficient (Wildman–Crippen LogP) is 29.7. The number of rotatable bonds is 96. The van der Waals surface area contributed by atoms with Crippen LogP contribution in [-0.2, 0) is 46.2 Å². The Hall–Kier alpha value is -1.03. The van der Waals surface area contributed by atoms with Gasteiger partial charge in [0.1, 0.15) is 12.6 Å². The normalized spacial score (nSPS) is 13.1. The van der Waals surface area contributed by atoms with E-state index in [1.807, 2.05) is 0 Å². The highest BCUT2D eigenvalue weighted by Gasteiger charge is 2.31. The molecular formula is C100H206N2O12Si2. The maximum Gasteiger partial charge on any atom is 0.333 e. The maximum atomic E-state index is 13.0. The van der Waals surface area contributed by atoms with E-state index in [1.54, 1.807) is 0 Å². The first-order valence-corrected chi connectivity index (χ1v) is 57.2. The lowest BCUT2D eigenvalue weighted by Crippen LogP contribution is -2.40. The van der Waals surface area contributed by atoms with Gasteiger partial charge in [0.15, 0.2) is 0 Å². The topological polar surface area (TPSA) is 155 Å². The molecule has 16 heteroatoms. The van der Waals surface area contributed by atoms with Gasteiger partial charge in [0.05, 0.1) is 25.0 Å². The van der Waals surface area contributed by atoms with E-state index in [1.165, 1.54) is 283 Å². The molecule has 0 aromatic carbocycles. The number of aliphatic hydroxyl groups excluding tert-OH is 2. The first-order chi connectivity index (χ1) is 56.7. The van der Waals surface area contributed by atoms with Crippen LogP contribution in [0.1, 0.15) is 492 Å². The van der Waals surface area contributed by atoms with Crippen molar-refractivity contribution in [3.8, 4) is 0 Å². The summed E-state index contributed by atoms with van der Waals surface area (Å²) in [5.41, 5.74) is 0. The standard InChI is InChI=1S/2C50H103NO6Si/c2*1-7-11-15-18-20-21-22-24-31-40-49(54-45-14-10-4)57-58(5,6)56-47-37-28-26-33-42-51(43-34-35-44-52)41-32-25-27-36-46-55-50(53)48(38-29-17-13-9-3)39-30-23-19-16-12-8-2/h2*48-49,52H,7-47H2,1-6H3. The van der Waals surface area contributed by atoms with Crippen molar-refractivity contribution < 1.29 is 56.5 Å². The van der Waals surface area contributed by atoms with E-state index in [4.69, 9.17) is 36.7 Å². The van der Waals surface area contributed by atoms with Gasteiger partial charge in [-0.3, -0.25) is 9.59 Å². The summed E-state index contributed by atoms with van der Waals surface area (Å²) in [7, 11) is -4.52. The van der Waals surface area contributed by atoms with Crippen LogP contribution >= 0.6 is 0 Å². The van der Waals surface area contributed by atoms with E-state index >= 15 is 0 Å². The van der Waals surface area contributed by atoms with E-state index in [2.05, 4.69) is 91.4 Å². The molecule has 0 aliphatic rings. The second-order valence-corrected chi connectivity index (χ2v) is 42.7. The molecule has 14 nitrogen and oxygen atoms in total. The smallest absolute Gasteiger partial charge is 0.333 e. The molecule has 696 valence electrons. The van der Waals surface area contributed by atoms with E-state index in [0.29, 0.717) is 13.2 Å². The molecule has 4 atom stereocenters. The van der Waals surface area contributed by atoms with Crippen LogP contribution < -0.4 is 0 Å². The third-order valence-electron chi connectivity index (χ3n) is 23.4. The van der Waals surface area contributed by atoms with Gasteiger partial charge in [-0.15, -0.1) is 0 Å². The van der Waals surface area contributed by atoms with E-state index < -0.39 is 17.1 Å². The molecule has 0 radical (unpaired) electrons. The van der Waals surface area contributed by atoms with Crippen LogP contribution in [0.3, 0.4) is 0 Å². The fraction of sp³-hybridized carbons (Fsp3) is 0.980. The van der Waals surface area contributed by atoms with Crippen LogP contribution in [0.2, 0.25) is 26.2 Å². The lowest BCUT2D eigenvalue weighted by Gasteiger charge is -2.29. The summed E-state index contributed by atoms with van der Waals surface area (Å²) in [6.45, 7) is 38.1. The fourth-order valence-corrected chi connectivity index (χ4v) is 18.7. The Morgan fingerprint density at radius 3 is 0.707 bits per heavy atom. The Morgan fingerprint density at radius 1 is 0.241 bits per heavy atom. The number of carbonyl (C=O) groups is 2. The quantitative estimate of drug-likeness (QED) is 0.0257. The van der Waals surface area contributed by atoms with Crippen molar-refractivity contribution in [2.45, 2.75) is 531 Å². The monoisotopic (exact) mass is 1680 g/mol. The number of esters is 2. The van der Waals surface area contributed by atoms with Crippen LogP contribution in [0.25, 0.3) is 0 Å². The molecule has 116 heavy (non-hydrogen) atoms. The van der Waals surface area contributed by atoms with Gasteiger partial charge in [0.25, 0.3) is 0 Å². The van der Waals surface area contributed by atoms with Gasteiger partial charge in [-0.1, -0.05) is 351 Å². The highest BCUT2D eigenvalue weighted by atomic mass is 28.4. The molecule has 0 fully saturated rings. The molecule has 0 aromatic rings. The van der Waals surface area contributed by atoms with Crippen LogP contribution in [0, 0.1) is 11.8 Å². The minimum atomic E-state index is -2.26. The molecule has 0 aliphatic carbocycles. The Bertz CT molecular complexity index is 1800. The largest absolute Gasteiger partial charge is 0.465 e. The van der Waals surface area contributed by atoms with Crippen molar-refractivity contribution in [2.75, 3.05) is 92.1 Å². The number of hydrogen-bond donors (Lipinski definition) is 2. The Morgan fingerprint density at radius 2 is 0.448 bits per heavy atom. The lowest BCUT2D eigenvalue weighted by atomic mass is 9.94. The van der Waals surface area contributed by atoms with Crippen molar-refractivity contribution in [2.24, 2.45) is 11.8 Å². The van der Waals surface area contributed by atoms with Gasteiger partial charge in [0, 0.05) is 39.6 Å². The molecule has 0 rings (SSSR count). The highest BCUT2D eigenvalue weighted by molar-refractivity contribution is 6.64. The molecule has 0 aliphatic heterocycles. The molecule has 0 spiro atoms. The van der Waals surface area contributed by atoms with Gasteiger partial charge >= 0.3 is 29.1 Å². The third-order valence-corrected chi connectivity index (χ3v) is 26.9. The average Bonchev–Trinajstić information content (AvgIpc) is 0.918. The first-order valence-electron chi connectivity index (χ1n) is 51.5. The van der Waals surface area contributed by atoms with E-state index in [-0.39, 0.29) is 49.6 Å². The second kappa shape index (κ2) is 93.1. The minimum Gasteiger partial charge on any atom is -0.465 e. The zero-order chi connectivity index (χ0) is 85.3. The molecule has 0 heterocycles. The molecule has 0 saturated heterocycles. The Kier molecular flexibility index (Phi) is 94.0. The van der Waals surface area contributed by atoms with Crippen LogP contribution in [0.4, 0.5) is 0 Å². The SMILES string of the molecule is CCCCCCCCCCCC(OCCCC)O[Si](C)(C)OCCCCCCN(CCCCO)CCCCCCOC(=O)C(CCCCCC)CCCCCCCC.CCCCCCCCCCCC(OCCCC)O[Si](C)(C)OCCCCCCN(CCCCO)CCCCCCOC(=O)C(CCCCCC)CCCCCCCC. The zero-order valence-electron chi connectivity index (χ0n) is 80.2. The zero-order valence-corrected chi connectivity index (χ0v) is 82.2. The van der Waals surface area contributed by atoms with Crippen LogP contribution in [-0.4, -0.2) is 154 Å². The van der Waals surface area contributed by atoms with E-state index in [0.717, 1.165) is 220 Å². The first kappa shape index (κ1) is 117. The van der Waals surface area contributed by atoms with Crippen LogP contribution in [0.5, 0.6) is 0 Å². The summed E-state index contributed by atoms with van der Waals surface area (Å²) in [6, 6.07) is 0. The summed E-state index contributed by atoms with van der Waals surface area (Å²) in [5.74, 6) is 0.313. The van der Waals surface area contributed by atoms with Crippen molar-refractivity contribution in [3.63, 3.8) is 0 Å². The van der Waals surface area contributed by atoms with Gasteiger partial charge in [-0.05, 0) is 207 Å². The number of hydrogen-bond acceptors (Lipinski definition) is 14. The maximum absolute atomic E-state index is 13.0. The molecule has 0 saturated carbocycles. The summed E-state index contributed by atoms with van der Waals surface area (Å²) in [5, 5.41) is 18.7. The molecule has 4 unspecified atom stereocenters. The van der Waals surface area contributed by atoms with Crippen molar-refractivity contribution >= 4 is 29.1 Å². The summed E-state index contributed by atoms with van der Waals surface area (Å²) in [4.78, 5) is 31.2. The van der Waals surface area contributed by atoms with Gasteiger partial charge in [-0.2, -0.15) is 0 Å².